The van der Waals surface area contributed by atoms with Crippen molar-refractivity contribution in [2.45, 2.75) is 26.4 Å². The maximum absolute atomic E-state index is 11.7. The normalized spacial score (nSPS) is 10.5. The van der Waals surface area contributed by atoms with Crippen molar-refractivity contribution in [1.29, 1.82) is 0 Å². The van der Waals surface area contributed by atoms with E-state index in [2.05, 4.69) is 21.3 Å². The minimum absolute atomic E-state index is 0.195. The molecule has 0 heterocycles. The molecule has 1 aromatic rings. The highest BCUT2D eigenvalue weighted by Crippen LogP contribution is 2.09. The molecule has 0 aromatic heterocycles. The summed E-state index contributed by atoms with van der Waals surface area (Å²) in [7, 11) is 1.55. The van der Waals surface area contributed by atoms with Crippen molar-refractivity contribution in [2.75, 3.05) is 25.5 Å². The third kappa shape index (κ3) is 7.48. The van der Waals surface area contributed by atoms with Crippen LogP contribution in [-0.2, 0) is 4.74 Å². The Morgan fingerprint density at radius 2 is 1.58 bits per heavy atom. The summed E-state index contributed by atoms with van der Waals surface area (Å²) in [5, 5.41) is 10.3. The average Bonchev–Trinajstić information content (AvgIpc) is 2.50. The van der Waals surface area contributed by atoms with E-state index in [9.17, 15) is 14.4 Å². The second-order valence-corrected chi connectivity index (χ2v) is 5.97. The summed E-state index contributed by atoms with van der Waals surface area (Å²) in [4.78, 5) is 34.5. The van der Waals surface area contributed by atoms with Gasteiger partial charge in [0.05, 0.1) is 0 Å². The average molecular weight is 336 g/mol. The van der Waals surface area contributed by atoms with Gasteiger partial charge >= 0.3 is 12.1 Å². The molecule has 0 bridgehead atoms. The molecule has 0 radical (unpaired) electrons. The molecule has 4 amide bonds. The maximum atomic E-state index is 11.7. The summed E-state index contributed by atoms with van der Waals surface area (Å²) in [5.74, 6) is -0.195. The Hall–Kier alpha value is -2.77. The van der Waals surface area contributed by atoms with Gasteiger partial charge in [-0.1, -0.05) is 0 Å². The molecular formula is C16H24N4O4. The SMILES string of the molecule is CNC(=O)c1ccc(NC(=O)NCCNC(=O)OC(C)(C)C)cc1. The van der Waals surface area contributed by atoms with E-state index in [0.717, 1.165) is 0 Å². The lowest BCUT2D eigenvalue weighted by molar-refractivity contribution is 0.0528. The fourth-order valence-electron chi connectivity index (χ4n) is 1.68. The molecule has 1 aromatic carbocycles. The zero-order chi connectivity index (χ0) is 18.2. The Morgan fingerprint density at radius 1 is 1.00 bits per heavy atom. The topological polar surface area (TPSA) is 109 Å². The molecule has 4 N–H and O–H groups in total. The van der Waals surface area contributed by atoms with Crippen molar-refractivity contribution in [2.24, 2.45) is 0 Å². The highest BCUT2D eigenvalue weighted by Gasteiger charge is 2.15. The van der Waals surface area contributed by atoms with Gasteiger partial charge in [-0.15, -0.1) is 0 Å². The van der Waals surface area contributed by atoms with Crippen LogP contribution in [0.5, 0.6) is 0 Å². The van der Waals surface area contributed by atoms with Crippen LogP contribution < -0.4 is 21.3 Å². The molecule has 1 rings (SSSR count). The summed E-state index contributed by atoms with van der Waals surface area (Å²) < 4.78 is 5.07. The second-order valence-electron chi connectivity index (χ2n) is 5.97. The third-order valence-electron chi connectivity index (χ3n) is 2.71. The van der Waals surface area contributed by atoms with Crippen LogP contribution >= 0.6 is 0 Å². The first-order valence-corrected chi connectivity index (χ1v) is 7.55. The standard InChI is InChI=1S/C16H24N4O4/c1-16(2,3)24-15(23)19-10-9-18-14(22)20-12-7-5-11(6-8-12)13(21)17-4/h5-8H,9-10H2,1-4H3,(H,17,21)(H,19,23)(H2,18,20,22). The monoisotopic (exact) mass is 336 g/mol. The zero-order valence-corrected chi connectivity index (χ0v) is 14.4. The number of benzene rings is 1. The number of nitrogens with one attached hydrogen (secondary N) is 4. The molecule has 0 aliphatic carbocycles. The van der Waals surface area contributed by atoms with Crippen LogP contribution in [-0.4, -0.2) is 43.8 Å². The first kappa shape index (κ1) is 19.3. The van der Waals surface area contributed by atoms with Crippen molar-refractivity contribution in [3.63, 3.8) is 0 Å². The Kier molecular flexibility index (Phi) is 7.03. The number of ether oxygens (including phenoxy) is 1. The van der Waals surface area contributed by atoms with Crippen molar-refractivity contribution in [3.8, 4) is 0 Å². The molecule has 0 spiro atoms. The van der Waals surface area contributed by atoms with Gasteiger partial charge in [-0.05, 0) is 45.0 Å². The number of hydrogen-bond donors (Lipinski definition) is 4. The quantitative estimate of drug-likeness (QED) is 0.614. The summed E-state index contributed by atoms with van der Waals surface area (Å²) >= 11 is 0. The Labute approximate surface area is 141 Å². The lowest BCUT2D eigenvalue weighted by Gasteiger charge is -2.19. The van der Waals surface area contributed by atoms with Crippen LogP contribution in [0, 0.1) is 0 Å². The Morgan fingerprint density at radius 3 is 2.12 bits per heavy atom. The van der Waals surface area contributed by atoms with Gasteiger partial charge in [0, 0.05) is 31.4 Å². The van der Waals surface area contributed by atoms with Crippen LogP contribution in [0.15, 0.2) is 24.3 Å². The first-order valence-electron chi connectivity index (χ1n) is 7.55. The maximum Gasteiger partial charge on any atom is 0.407 e. The van der Waals surface area contributed by atoms with Gasteiger partial charge in [-0.2, -0.15) is 0 Å². The molecule has 24 heavy (non-hydrogen) atoms. The minimum Gasteiger partial charge on any atom is -0.444 e. The van der Waals surface area contributed by atoms with Gasteiger partial charge in [0.1, 0.15) is 5.60 Å². The van der Waals surface area contributed by atoms with Crippen LogP contribution in [0.4, 0.5) is 15.3 Å². The van der Waals surface area contributed by atoms with Gasteiger partial charge in [-0.25, -0.2) is 9.59 Å². The molecule has 132 valence electrons. The van der Waals surface area contributed by atoms with Gasteiger partial charge in [0.15, 0.2) is 0 Å². The molecule has 0 unspecified atom stereocenters. The van der Waals surface area contributed by atoms with E-state index in [1.165, 1.54) is 0 Å². The molecule has 0 saturated carbocycles. The second kappa shape index (κ2) is 8.76. The van der Waals surface area contributed by atoms with Crippen LogP contribution in [0.25, 0.3) is 0 Å². The zero-order valence-electron chi connectivity index (χ0n) is 14.4. The van der Waals surface area contributed by atoms with Crippen LogP contribution in [0.2, 0.25) is 0 Å². The van der Waals surface area contributed by atoms with E-state index in [4.69, 9.17) is 4.74 Å². The summed E-state index contributed by atoms with van der Waals surface area (Å²) in [6, 6.07) is 6.07. The van der Waals surface area contributed by atoms with E-state index in [0.29, 0.717) is 11.3 Å². The number of alkyl carbamates (subject to hydrolysis) is 1. The van der Waals surface area contributed by atoms with E-state index in [1.807, 2.05) is 0 Å². The lowest BCUT2D eigenvalue weighted by atomic mass is 10.2. The van der Waals surface area contributed by atoms with E-state index in [-0.39, 0.29) is 19.0 Å². The number of hydrogen-bond acceptors (Lipinski definition) is 4. The van der Waals surface area contributed by atoms with Gasteiger partial charge in [-0.3, -0.25) is 4.79 Å². The summed E-state index contributed by atoms with van der Waals surface area (Å²) in [6.07, 6.45) is -0.533. The van der Waals surface area contributed by atoms with Crippen LogP contribution in [0.1, 0.15) is 31.1 Å². The molecule has 0 fully saturated rings. The Balaban J connectivity index is 2.29. The van der Waals surface area contributed by atoms with Gasteiger partial charge in [0.2, 0.25) is 0 Å². The van der Waals surface area contributed by atoms with E-state index >= 15 is 0 Å². The highest BCUT2D eigenvalue weighted by molar-refractivity contribution is 5.95. The van der Waals surface area contributed by atoms with Crippen molar-refractivity contribution >= 4 is 23.7 Å². The van der Waals surface area contributed by atoms with E-state index in [1.54, 1.807) is 52.1 Å². The number of carbonyl (C=O) groups is 3. The van der Waals surface area contributed by atoms with Crippen molar-refractivity contribution < 1.29 is 19.1 Å². The number of urea groups is 1. The molecule has 0 atom stereocenters. The van der Waals surface area contributed by atoms with Crippen LogP contribution in [0.3, 0.4) is 0 Å². The molecule has 8 nitrogen and oxygen atoms in total. The fraction of sp³-hybridized carbons (Fsp3) is 0.438. The fourth-order valence-corrected chi connectivity index (χ4v) is 1.68. The highest BCUT2D eigenvalue weighted by atomic mass is 16.6. The molecule has 0 saturated heterocycles. The predicted molar refractivity (Wildman–Crippen MR) is 91.1 cm³/mol. The smallest absolute Gasteiger partial charge is 0.407 e. The molecule has 0 aliphatic heterocycles. The van der Waals surface area contributed by atoms with Crippen molar-refractivity contribution in [3.05, 3.63) is 29.8 Å². The Bertz CT molecular complexity index is 579. The number of rotatable bonds is 5. The third-order valence-corrected chi connectivity index (χ3v) is 2.71. The van der Waals surface area contributed by atoms with Gasteiger partial charge < -0.3 is 26.0 Å². The summed E-state index contributed by atoms with van der Waals surface area (Å²) in [6.45, 7) is 5.81. The summed E-state index contributed by atoms with van der Waals surface area (Å²) in [5.41, 5.74) is 0.501. The largest absolute Gasteiger partial charge is 0.444 e. The molecule has 0 aliphatic rings. The first-order chi connectivity index (χ1) is 11.2. The molecule has 8 heteroatoms. The lowest BCUT2D eigenvalue weighted by Crippen LogP contribution is -2.39. The number of carbonyl (C=O) groups excluding carboxylic acids is 3. The van der Waals surface area contributed by atoms with Gasteiger partial charge in [0.25, 0.3) is 5.91 Å². The molecular weight excluding hydrogens is 312 g/mol. The predicted octanol–water partition coefficient (Wildman–Crippen LogP) is 1.69. The number of amides is 4. The minimum atomic E-state index is -0.560. The van der Waals surface area contributed by atoms with Crippen molar-refractivity contribution in [1.82, 2.24) is 16.0 Å². The van der Waals surface area contributed by atoms with E-state index < -0.39 is 17.7 Å². The number of anilines is 1.